The van der Waals surface area contributed by atoms with Gasteiger partial charge in [0.1, 0.15) is 5.76 Å². The zero-order chi connectivity index (χ0) is 19.7. The van der Waals surface area contributed by atoms with Gasteiger partial charge in [0.05, 0.1) is 25.8 Å². The van der Waals surface area contributed by atoms with E-state index in [9.17, 15) is 14.7 Å². The molecule has 1 unspecified atom stereocenters. The molecule has 6 nitrogen and oxygen atoms in total. The number of halogens is 2. The molecule has 3 rings (SSSR count). The molecule has 1 atom stereocenters. The molecule has 27 heavy (non-hydrogen) atoms. The standard InChI is InChI=1S/C19H15Cl2NO5/c1-26-13-6-3-9(7-14(13)27-2)17(23)15-16(22-19(25)18(15)24)11-5-4-10(20)8-12(11)21/h3-8,16,23H,1-2H3,(H,22,25)/b17-15+. The second-order valence-electron chi connectivity index (χ2n) is 5.73. The first kappa shape index (κ1) is 19.1. The molecule has 8 heteroatoms. The number of benzene rings is 2. The van der Waals surface area contributed by atoms with E-state index >= 15 is 0 Å². The van der Waals surface area contributed by atoms with E-state index in [4.69, 9.17) is 32.7 Å². The zero-order valence-electron chi connectivity index (χ0n) is 14.4. The van der Waals surface area contributed by atoms with Gasteiger partial charge in [0.2, 0.25) is 0 Å². The van der Waals surface area contributed by atoms with Crippen molar-refractivity contribution in [2.24, 2.45) is 0 Å². The first-order chi connectivity index (χ1) is 12.9. The molecule has 2 N–H and O–H groups in total. The molecule has 1 saturated heterocycles. The maximum atomic E-state index is 12.4. The van der Waals surface area contributed by atoms with E-state index in [1.807, 2.05) is 0 Å². The Kier molecular flexibility index (Phi) is 5.30. The minimum Gasteiger partial charge on any atom is -0.507 e. The minimum absolute atomic E-state index is 0.101. The normalized spacial score (nSPS) is 18.3. The second kappa shape index (κ2) is 7.50. The van der Waals surface area contributed by atoms with E-state index in [1.165, 1.54) is 26.4 Å². The van der Waals surface area contributed by atoms with Crippen molar-refractivity contribution >= 4 is 40.7 Å². The van der Waals surface area contributed by atoms with Crippen molar-refractivity contribution in [3.63, 3.8) is 0 Å². The highest BCUT2D eigenvalue weighted by Gasteiger charge is 2.40. The number of aliphatic hydroxyl groups excluding tert-OH is 1. The van der Waals surface area contributed by atoms with Crippen molar-refractivity contribution in [1.29, 1.82) is 0 Å². The van der Waals surface area contributed by atoms with Crippen LogP contribution in [0.5, 0.6) is 11.5 Å². The molecule has 0 spiro atoms. The number of methoxy groups -OCH3 is 2. The summed E-state index contributed by atoms with van der Waals surface area (Å²) in [4.78, 5) is 24.4. The molecule has 0 aliphatic carbocycles. The molecule has 0 bridgehead atoms. The predicted molar refractivity (Wildman–Crippen MR) is 101 cm³/mol. The highest BCUT2D eigenvalue weighted by Crippen LogP contribution is 2.38. The average molecular weight is 408 g/mol. The van der Waals surface area contributed by atoms with Gasteiger partial charge in [0, 0.05) is 15.6 Å². The van der Waals surface area contributed by atoms with Crippen LogP contribution in [0.15, 0.2) is 42.0 Å². The van der Waals surface area contributed by atoms with Gasteiger partial charge in [-0.3, -0.25) is 9.59 Å². The second-order valence-corrected chi connectivity index (χ2v) is 6.58. The molecule has 1 aliphatic heterocycles. The van der Waals surface area contributed by atoms with Crippen LogP contribution in [0.1, 0.15) is 17.2 Å². The summed E-state index contributed by atoms with van der Waals surface area (Å²) in [5, 5.41) is 14.0. The summed E-state index contributed by atoms with van der Waals surface area (Å²) < 4.78 is 10.4. The summed E-state index contributed by atoms with van der Waals surface area (Å²) >= 11 is 12.1. The number of rotatable bonds is 4. The largest absolute Gasteiger partial charge is 0.507 e. The van der Waals surface area contributed by atoms with Crippen LogP contribution in [0.25, 0.3) is 5.76 Å². The molecular weight excluding hydrogens is 393 g/mol. The Morgan fingerprint density at radius 2 is 1.74 bits per heavy atom. The summed E-state index contributed by atoms with van der Waals surface area (Å²) in [7, 11) is 2.94. The number of ether oxygens (including phenoxy) is 2. The predicted octanol–water partition coefficient (Wildman–Crippen LogP) is 3.72. The van der Waals surface area contributed by atoms with Gasteiger partial charge in [-0.15, -0.1) is 0 Å². The third kappa shape index (κ3) is 3.46. The van der Waals surface area contributed by atoms with Crippen LogP contribution in [0.4, 0.5) is 0 Å². The molecular formula is C19H15Cl2NO5. The number of hydrogen-bond acceptors (Lipinski definition) is 5. The number of amides is 1. The maximum absolute atomic E-state index is 12.4. The van der Waals surface area contributed by atoms with Gasteiger partial charge in [-0.2, -0.15) is 0 Å². The number of ketones is 1. The third-order valence-corrected chi connectivity index (χ3v) is 4.76. The van der Waals surface area contributed by atoms with Crippen LogP contribution in [0.3, 0.4) is 0 Å². The number of carbonyl (C=O) groups excluding carboxylic acids is 2. The third-order valence-electron chi connectivity index (χ3n) is 4.20. The Morgan fingerprint density at radius 1 is 1.04 bits per heavy atom. The van der Waals surface area contributed by atoms with Crippen molar-refractivity contribution in [3.05, 3.63) is 63.1 Å². The monoisotopic (exact) mass is 407 g/mol. The van der Waals surface area contributed by atoms with E-state index in [0.29, 0.717) is 27.6 Å². The number of carbonyl (C=O) groups is 2. The lowest BCUT2D eigenvalue weighted by Crippen LogP contribution is -2.21. The first-order valence-electron chi connectivity index (χ1n) is 7.83. The van der Waals surface area contributed by atoms with Gasteiger partial charge in [-0.05, 0) is 35.9 Å². The van der Waals surface area contributed by atoms with E-state index in [-0.39, 0.29) is 16.4 Å². The first-order valence-corrected chi connectivity index (χ1v) is 8.58. The smallest absolute Gasteiger partial charge is 0.293 e. The quantitative estimate of drug-likeness (QED) is 0.458. The van der Waals surface area contributed by atoms with Crippen LogP contribution >= 0.6 is 23.2 Å². The minimum atomic E-state index is -0.900. The zero-order valence-corrected chi connectivity index (χ0v) is 15.9. The summed E-state index contributed by atoms with van der Waals surface area (Å²) in [6, 6.07) is 8.43. The van der Waals surface area contributed by atoms with E-state index in [1.54, 1.807) is 24.3 Å². The Morgan fingerprint density at radius 3 is 2.37 bits per heavy atom. The fourth-order valence-corrected chi connectivity index (χ4v) is 3.39. The molecule has 0 aromatic heterocycles. The SMILES string of the molecule is COc1ccc(/C(O)=C2\C(=O)C(=O)NC2c2ccc(Cl)cc2Cl)cc1OC. The summed E-state index contributed by atoms with van der Waals surface area (Å²) in [6.07, 6.45) is 0. The van der Waals surface area contributed by atoms with Crippen molar-refractivity contribution < 1.29 is 24.2 Å². The highest BCUT2D eigenvalue weighted by molar-refractivity contribution is 6.47. The molecule has 1 heterocycles. The van der Waals surface area contributed by atoms with Gasteiger partial charge in [0.15, 0.2) is 11.5 Å². The number of hydrogen-bond donors (Lipinski definition) is 2. The van der Waals surface area contributed by atoms with Gasteiger partial charge in [-0.1, -0.05) is 29.3 Å². The topological polar surface area (TPSA) is 84.9 Å². The van der Waals surface area contributed by atoms with E-state index in [0.717, 1.165) is 0 Å². The average Bonchev–Trinajstić information content (AvgIpc) is 2.95. The van der Waals surface area contributed by atoms with Crippen molar-refractivity contribution in [1.82, 2.24) is 5.32 Å². The lowest BCUT2D eigenvalue weighted by atomic mass is 9.95. The van der Waals surface area contributed by atoms with Crippen LogP contribution in [0.2, 0.25) is 10.0 Å². The van der Waals surface area contributed by atoms with E-state index in [2.05, 4.69) is 5.32 Å². The Bertz CT molecular complexity index is 971. The number of Topliss-reactive ketones (excluding diaryl/α,β-unsaturated/α-hetero) is 1. The fraction of sp³-hybridized carbons (Fsp3) is 0.158. The van der Waals surface area contributed by atoms with Crippen molar-refractivity contribution in [3.8, 4) is 11.5 Å². The van der Waals surface area contributed by atoms with Gasteiger partial charge >= 0.3 is 0 Å². The number of nitrogens with one attached hydrogen (secondary N) is 1. The number of aliphatic hydroxyl groups is 1. The molecule has 0 saturated carbocycles. The van der Waals surface area contributed by atoms with Crippen LogP contribution < -0.4 is 14.8 Å². The van der Waals surface area contributed by atoms with Crippen LogP contribution in [0, 0.1) is 0 Å². The van der Waals surface area contributed by atoms with Crippen LogP contribution in [-0.4, -0.2) is 31.0 Å². The van der Waals surface area contributed by atoms with E-state index < -0.39 is 17.7 Å². The van der Waals surface area contributed by atoms with Crippen molar-refractivity contribution in [2.75, 3.05) is 14.2 Å². The molecule has 1 amide bonds. The molecule has 140 valence electrons. The molecule has 1 aliphatic rings. The van der Waals surface area contributed by atoms with Crippen molar-refractivity contribution in [2.45, 2.75) is 6.04 Å². The Hall–Kier alpha value is -2.70. The maximum Gasteiger partial charge on any atom is 0.293 e. The molecule has 2 aromatic rings. The molecule has 1 fully saturated rings. The van der Waals surface area contributed by atoms with Gasteiger partial charge in [0.25, 0.3) is 11.7 Å². The van der Waals surface area contributed by atoms with Gasteiger partial charge < -0.3 is 19.9 Å². The molecule has 2 aromatic carbocycles. The summed E-state index contributed by atoms with van der Waals surface area (Å²) in [6.45, 7) is 0. The lowest BCUT2D eigenvalue weighted by molar-refractivity contribution is -0.133. The van der Waals surface area contributed by atoms with Gasteiger partial charge in [-0.25, -0.2) is 0 Å². The Balaban J connectivity index is 2.15. The highest BCUT2D eigenvalue weighted by atomic mass is 35.5. The lowest BCUT2D eigenvalue weighted by Gasteiger charge is -2.16. The summed E-state index contributed by atoms with van der Waals surface area (Å²) in [5.41, 5.74) is 0.640. The van der Waals surface area contributed by atoms with Crippen LogP contribution in [-0.2, 0) is 9.59 Å². The molecule has 0 radical (unpaired) electrons. The fourth-order valence-electron chi connectivity index (χ4n) is 2.87. The Labute approximate surface area is 165 Å². The summed E-state index contributed by atoms with van der Waals surface area (Å²) in [5.74, 6) is -1.18.